The summed E-state index contributed by atoms with van der Waals surface area (Å²) in [5.74, 6) is 1.16. The van der Waals surface area contributed by atoms with Crippen molar-refractivity contribution in [1.29, 1.82) is 0 Å². The molecule has 0 saturated carbocycles. The number of hydrogen-bond donors (Lipinski definition) is 2. The summed E-state index contributed by atoms with van der Waals surface area (Å²) in [6.45, 7) is 9.58. The first-order valence-electron chi connectivity index (χ1n) is 14.5. The van der Waals surface area contributed by atoms with Crippen molar-refractivity contribution in [2.24, 2.45) is 5.41 Å². The van der Waals surface area contributed by atoms with E-state index < -0.39 is 0 Å². The van der Waals surface area contributed by atoms with E-state index in [1.165, 1.54) is 17.6 Å². The van der Waals surface area contributed by atoms with Gasteiger partial charge in [0.1, 0.15) is 17.1 Å². The number of hydrogen-bond acceptors (Lipinski definition) is 6. The molecule has 4 aromatic rings. The van der Waals surface area contributed by atoms with E-state index in [1.54, 1.807) is 11.8 Å². The van der Waals surface area contributed by atoms with Crippen molar-refractivity contribution in [2.45, 2.75) is 33.1 Å². The number of halogens is 1. The number of ether oxygens (including phenoxy) is 1. The number of aliphatic hydroxyl groups excluding tert-OH is 1. The number of carbonyl (C=O) groups excluding carboxylic acids is 1. The van der Waals surface area contributed by atoms with E-state index in [1.807, 2.05) is 48.7 Å². The number of benzene rings is 2. The molecule has 8 heteroatoms. The summed E-state index contributed by atoms with van der Waals surface area (Å²) < 4.78 is 6.15. The third-order valence-electron chi connectivity index (χ3n) is 8.26. The Kier molecular flexibility index (Phi) is 9.31. The van der Waals surface area contributed by atoms with Gasteiger partial charge in [-0.25, -0.2) is 4.98 Å². The second kappa shape index (κ2) is 13.1. The predicted octanol–water partition coefficient (Wildman–Crippen LogP) is 7.22. The Morgan fingerprint density at radius 2 is 1.81 bits per heavy atom. The van der Waals surface area contributed by atoms with E-state index in [0.29, 0.717) is 22.5 Å². The third kappa shape index (κ3) is 6.86. The SMILES string of the molecule is CC1(C)CCC(CN2CCN(c3ccc(C=O)c(Oc4cnc5[nH]ccc5c4)c3)CC2)=C(c2ccc(Cl)cc2)C1.CO. The van der Waals surface area contributed by atoms with Crippen molar-refractivity contribution in [3.8, 4) is 11.5 Å². The van der Waals surface area contributed by atoms with Crippen LogP contribution in [0.15, 0.2) is 72.6 Å². The maximum absolute atomic E-state index is 11.8. The Hall–Kier alpha value is -3.65. The number of anilines is 1. The van der Waals surface area contributed by atoms with Crippen molar-refractivity contribution < 1.29 is 14.6 Å². The number of aldehydes is 1. The van der Waals surface area contributed by atoms with Gasteiger partial charge in [-0.3, -0.25) is 9.69 Å². The van der Waals surface area contributed by atoms with Gasteiger partial charge >= 0.3 is 0 Å². The Bertz CT molecular complexity index is 1550. The molecular formula is C34H39ClN4O3. The van der Waals surface area contributed by atoms with Gasteiger partial charge in [0, 0.05) is 68.2 Å². The van der Waals surface area contributed by atoms with E-state index in [9.17, 15) is 4.79 Å². The van der Waals surface area contributed by atoms with Gasteiger partial charge in [-0.2, -0.15) is 0 Å². The summed E-state index contributed by atoms with van der Waals surface area (Å²) >= 11 is 6.19. The molecule has 3 heterocycles. The van der Waals surface area contributed by atoms with Gasteiger partial charge in [-0.05, 0) is 72.2 Å². The largest absolute Gasteiger partial charge is 0.455 e. The summed E-state index contributed by atoms with van der Waals surface area (Å²) in [5.41, 5.74) is 7.08. The zero-order valence-electron chi connectivity index (χ0n) is 24.6. The number of aliphatic hydroxyl groups is 1. The molecule has 0 spiro atoms. The van der Waals surface area contributed by atoms with Crippen LogP contribution in [0.4, 0.5) is 5.69 Å². The van der Waals surface area contributed by atoms with Crippen LogP contribution in [-0.2, 0) is 0 Å². The highest BCUT2D eigenvalue weighted by atomic mass is 35.5. The molecule has 6 rings (SSSR count). The van der Waals surface area contributed by atoms with Gasteiger partial charge in [0.2, 0.25) is 0 Å². The minimum Gasteiger partial charge on any atom is -0.455 e. The lowest BCUT2D eigenvalue weighted by molar-refractivity contribution is 0.112. The second-order valence-corrected chi connectivity index (χ2v) is 12.2. The average molecular weight is 587 g/mol. The molecule has 0 unspecified atom stereocenters. The topological polar surface area (TPSA) is 81.7 Å². The highest BCUT2D eigenvalue weighted by Crippen LogP contribution is 2.43. The van der Waals surface area contributed by atoms with Crippen molar-refractivity contribution >= 4 is 40.2 Å². The number of nitrogens with one attached hydrogen (secondary N) is 1. The Morgan fingerprint density at radius 1 is 1.05 bits per heavy atom. The van der Waals surface area contributed by atoms with Gasteiger partial charge in [-0.15, -0.1) is 0 Å². The average Bonchev–Trinajstić information content (AvgIpc) is 3.48. The molecule has 0 amide bonds. The second-order valence-electron chi connectivity index (χ2n) is 11.7. The molecule has 2 aromatic heterocycles. The van der Waals surface area contributed by atoms with Gasteiger partial charge in [0.05, 0.1) is 11.8 Å². The van der Waals surface area contributed by atoms with Crippen LogP contribution in [0.3, 0.4) is 0 Å². The Morgan fingerprint density at radius 3 is 2.55 bits per heavy atom. The van der Waals surface area contributed by atoms with Gasteiger partial charge in [0.25, 0.3) is 0 Å². The molecule has 1 fully saturated rings. The number of nitrogens with zero attached hydrogens (tertiary/aromatic N) is 3. The highest BCUT2D eigenvalue weighted by molar-refractivity contribution is 6.30. The first-order chi connectivity index (χ1) is 20.4. The number of pyridine rings is 1. The minimum atomic E-state index is 0.314. The molecule has 2 aliphatic rings. The zero-order chi connectivity index (χ0) is 29.7. The number of piperazine rings is 1. The molecule has 1 aliphatic heterocycles. The van der Waals surface area contributed by atoms with Crippen LogP contribution < -0.4 is 9.64 Å². The van der Waals surface area contributed by atoms with E-state index >= 15 is 0 Å². The lowest BCUT2D eigenvalue weighted by Crippen LogP contribution is -2.47. The van der Waals surface area contributed by atoms with E-state index in [-0.39, 0.29) is 0 Å². The van der Waals surface area contributed by atoms with Crippen molar-refractivity contribution in [1.82, 2.24) is 14.9 Å². The quantitative estimate of drug-likeness (QED) is 0.223. The number of aromatic amines is 1. The fraction of sp³-hybridized carbons (Fsp3) is 0.353. The molecule has 2 N–H and O–H groups in total. The Balaban J connectivity index is 0.00000173. The molecule has 220 valence electrons. The lowest BCUT2D eigenvalue weighted by atomic mass is 9.72. The molecule has 0 radical (unpaired) electrons. The summed E-state index contributed by atoms with van der Waals surface area (Å²) in [6, 6.07) is 18.1. The van der Waals surface area contributed by atoms with Gasteiger partial charge < -0.3 is 19.7 Å². The molecule has 1 aliphatic carbocycles. The van der Waals surface area contributed by atoms with Crippen molar-refractivity contribution in [3.63, 3.8) is 0 Å². The molecular weight excluding hydrogens is 548 g/mol. The number of allylic oxidation sites excluding steroid dienone is 1. The van der Waals surface area contributed by atoms with Crippen molar-refractivity contribution in [2.75, 3.05) is 44.7 Å². The number of fused-ring (bicyclic) bond motifs is 1. The first-order valence-corrected chi connectivity index (χ1v) is 14.8. The van der Waals surface area contributed by atoms with Crippen LogP contribution in [0.25, 0.3) is 16.6 Å². The Labute approximate surface area is 252 Å². The highest BCUT2D eigenvalue weighted by Gasteiger charge is 2.29. The fourth-order valence-corrected chi connectivity index (χ4v) is 6.03. The number of carbonyl (C=O) groups is 1. The van der Waals surface area contributed by atoms with Crippen LogP contribution in [0.1, 0.15) is 49.0 Å². The molecule has 42 heavy (non-hydrogen) atoms. The molecule has 0 atom stereocenters. The summed E-state index contributed by atoms with van der Waals surface area (Å²) in [5, 5.41) is 8.75. The number of aromatic nitrogens is 2. The molecule has 7 nitrogen and oxygen atoms in total. The van der Waals surface area contributed by atoms with Crippen LogP contribution in [0.2, 0.25) is 5.02 Å². The summed E-state index contributed by atoms with van der Waals surface area (Å²) in [4.78, 5) is 24.2. The van der Waals surface area contributed by atoms with Crippen LogP contribution >= 0.6 is 11.6 Å². The molecule has 2 aromatic carbocycles. The zero-order valence-corrected chi connectivity index (χ0v) is 25.3. The van der Waals surface area contributed by atoms with Crippen LogP contribution in [0.5, 0.6) is 11.5 Å². The van der Waals surface area contributed by atoms with E-state index in [4.69, 9.17) is 21.4 Å². The fourth-order valence-electron chi connectivity index (χ4n) is 5.91. The van der Waals surface area contributed by atoms with Gasteiger partial charge in [-0.1, -0.05) is 43.2 Å². The summed E-state index contributed by atoms with van der Waals surface area (Å²) in [7, 11) is 1.00. The number of H-pyrrole nitrogens is 1. The lowest BCUT2D eigenvalue weighted by Gasteiger charge is -2.39. The van der Waals surface area contributed by atoms with Gasteiger partial charge in [0.15, 0.2) is 6.29 Å². The minimum absolute atomic E-state index is 0.314. The monoisotopic (exact) mass is 586 g/mol. The third-order valence-corrected chi connectivity index (χ3v) is 8.51. The molecule has 1 saturated heterocycles. The maximum atomic E-state index is 11.8. The van der Waals surface area contributed by atoms with Crippen LogP contribution in [-0.4, -0.2) is 66.1 Å². The standard InChI is InChI=1S/C33H35ClN4O2.CH4O/c1-33(2)11-9-25(30(19-33)23-3-6-27(34)7-4-23)21-37-13-15-38(16-14-37)28-8-5-26(22-39)31(18-28)40-29-17-24-10-12-35-32(24)36-20-29;1-2/h3-8,10,12,17-18,20,22H,9,11,13-16,19,21H2,1-2H3,(H,35,36);2H,1H3. The van der Waals surface area contributed by atoms with Crippen LogP contribution in [0, 0.1) is 5.41 Å². The first kappa shape index (κ1) is 29.8. The van der Waals surface area contributed by atoms with Crippen molar-refractivity contribution in [3.05, 3.63) is 88.7 Å². The predicted molar refractivity (Wildman–Crippen MR) is 171 cm³/mol. The number of rotatable bonds is 7. The summed E-state index contributed by atoms with van der Waals surface area (Å²) in [6.07, 6.45) is 7.83. The smallest absolute Gasteiger partial charge is 0.153 e. The normalized spacial score (nSPS) is 17.1. The molecule has 0 bridgehead atoms. The van der Waals surface area contributed by atoms with E-state index in [0.717, 1.165) is 80.7 Å². The van der Waals surface area contributed by atoms with E-state index in [2.05, 4.69) is 45.7 Å². The maximum Gasteiger partial charge on any atom is 0.153 e.